The second-order valence-electron chi connectivity index (χ2n) is 1.95. The van der Waals surface area contributed by atoms with Crippen LogP contribution in [-0.2, 0) is 0 Å². The van der Waals surface area contributed by atoms with Gasteiger partial charge in [-0.25, -0.2) is 0 Å². The van der Waals surface area contributed by atoms with Gasteiger partial charge in [0.05, 0.1) is 0 Å². The standard InChI is InChI=1S/C8H13NO2/c1-2-7(10)8(11)5-3-4-6-9/h2-3,5,10-11H,1,4,6,9H2/b5-3+,8-7-. The van der Waals surface area contributed by atoms with Gasteiger partial charge in [0.1, 0.15) is 0 Å². The molecule has 0 radical (unpaired) electrons. The first kappa shape index (κ1) is 9.78. The van der Waals surface area contributed by atoms with E-state index in [1.54, 1.807) is 6.08 Å². The highest BCUT2D eigenvalue weighted by molar-refractivity contribution is 5.20. The van der Waals surface area contributed by atoms with E-state index >= 15 is 0 Å². The molecule has 0 aromatic carbocycles. The fourth-order valence-corrected chi connectivity index (χ4v) is 0.481. The van der Waals surface area contributed by atoms with Crippen LogP contribution < -0.4 is 5.73 Å². The molecule has 0 spiro atoms. The summed E-state index contributed by atoms with van der Waals surface area (Å²) in [6.07, 6.45) is 4.91. The first-order valence-corrected chi connectivity index (χ1v) is 3.33. The smallest absolute Gasteiger partial charge is 0.157 e. The monoisotopic (exact) mass is 155 g/mol. The third-order valence-electron chi connectivity index (χ3n) is 1.06. The van der Waals surface area contributed by atoms with Gasteiger partial charge >= 0.3 is 0 Å². The summed E-state index contributed by atoms with van der Waals surface area (Å²) in [4.78, 5) is 0. The average molecular weight is 155 g/mol. The van der Waals surface area contributed by atoms with Crippen molar-refractivity contribution < 1.29 is 10.2 Å². The molecule has 0 bridgehead atoms. The molecule has 0 fully saturated rings. The average Bonchev–Trinajstić information content (AvgIpc) is 2.03. The summed E-state index contributed by atoms with van der Waals surface area (Å²) in [6.45, 7) is 3.81. The van der Waals surface area contributed by atoms with E-state index in [9.17, 15) is 0 Å². The molecular weight excluding hydrogens is 142 g/mol. The zero-order valence-corrected chi connectivity index (χ0v) is 6.33. The Labute approximate surface area is 66.2 Å². The summed E-state index contributed by atoms with van der Waals surface area (Å²) >= 11 is 0. The van der Waals surface area contributed by atoms with Gasteiger partial charge < -0.3 is 15.9 Å². The van der Waals surface area contributed by atoms with Gasteiger partial charge in [-0.3, -0.25) is 0 Å². The molecule has 4 N–H and O–H groups in total. The first-order valence-electron chi connectivity index (χ1n) is 3.33. The molecule has 0 amide bonds. The number of nitrogens with two attached hydrogens (primary N) is 1. The summed E-state index contributed by atoms with van der Waals surface area (Å²) in [5.41, 5.74) is 5.19. The van der Waals surface area contributed by atoms with Crippen molar-refractivity contribution in [2.24, 2.45) is 5.73 Å². The molecule has 0 rings (SSSR count). The topological polar surface area (TPSA) is 66.5 Å². The van der Waals surface area contributed by atoms with Gasteiger partial charge in [0, 0.05) is 0 Å². The SMILES string of the molecule is C=C/C(O)=C(O)\C=C\CCN. The Kier molecular flexibility index (Phi) is 4.94. The summed E-state index contributed by atoms with van der Waals surface area (Å²) in [6, 6.07) is 0. The first-order chi connectivity index (χ1) is 5.22. The highest BCUT2D eigenvalue weighted by atomic mass is 16.3. The van der Waals surface area contributed by atoms with Gasteiger partial charge in [0.25, 0.3) is 0 Å². The van der Waals surface area contributed by atoms with Crippen molar-refractivity contribution in [1.82, 2.24) is 0 Å². The summed E-state index contributed by atoms with van der Waals surface area (Å²) < 4.78 is 0. The second-order valence-corrected chi connectivity index (χ2v) is 1.95. The third-order valence-corrected chi connectivity index (χ3v) is 1.06. The molecule has 0 saturated heterocycles. The van der Waals surface area contributed by atoms with E-state index in [2.05, 4.69) is 6.58 Å². The van der Waals surface area contributed by atoms with E-state index in [1.807, 2.05) is 0 Å². The van der Waals surface area contributed by atoms with E-state index in [4.69, 9.17) is 15.9 Å². The molecule has 3 nitrogen and oxygen atoms in total. The number of aliphatic hydroxyl groups excluding tert-OH is 2. The van der Waals surface area contributed by atoms with E-state index in [0.717, 1.165) is 0 Å². The highest BCUT2D eigenvalue weighted by Crippen LogP contribution is 1.99. The third kappa shape index (κ3) is 4.22. The van der Waals surface area contributed by atoms with Crippen molar-refractivity contribution in [3.8, 4) is 0 Å². The van der Waals surface area contributed by atoms with Gasteiger partial charge in [0.15, 0.2) is 11.5 Å². The van der Waals surface area contributed by atoms with Crippen LogP contribution >= 0.6 is 0 Å². The van der Waals surface area contributed by atoms with Crippen molar-refractivity contribution in [2.45, 2.75) is 6.42 Å². The molecule has 0 heterocycles. The summed E-state index contributed by atoms with van der Waals surface area (Å²) in [5, 5.41) is 17.8. The normalized spacial score (nSPS) is 13.2. The van der Waals surface area contributed by atoms with E-state index in [0.29, 0.717) is 13.0 Å². The largest absolute Gasteiger partial charge is 0.504 e. The molecule has 3 heteroatoms. The number of hydrogen-bond donors (Lipinski definition) is 3. The van der Waals surface area contributed by atoms with Crippen LogP contribution in [0.5, 0.6) is 0 Å². The van der Waals surface area contributed by atoms with Crippen LogP contribution in [0, 0.1) is 0 Å². The zero-order chi connectivity index (χ0) is 8.69. The number of allylic oxidation sites excluding steroid dienone is 2. The van der Waals surface area contributed by atoms with Crippen molar-refractivity contribution in [2.75, 3.05) is 6.54 Å². The Morgan fingerprint density at radius 1 is 1.36 bits per heavy atom. The predicted molar refractivity (Wildman–Crippen MR) is 45.3 cm³/mol. The molecule has 0 aromatic rings. The number of rotatable bonds is 4. The molecule has 0 unspecified atom stereocenters. The van der Waals surface area contributed by atoms with Crippen molar-refractivity contribution in [3.63, 3.8) is 0 Å². The summed E-state index contributed by atoms with van der Waals surface area (Å²) in [7, 11) is 0. The highest BCUT2D eigenvalue weighted by Gasteiger charge is 1.91. The Bertz CT molecular complexity index is 183. The van der Waals surface area contributed by atoms with Crippen LogP contribution in [0.2, 0.25) is 0 Å². The molecule has 0 aliphatic rings. The van der Waals surface area contributed by atoms with Gasteiger partial charge in [-0.1, -0.05) is 12.7 Å². The lowest BCUT2D eigenvalue weighted by Gasteiger charge is -1.92. The Morgan fingerprint density at radius 3 is 2.45 bits per heavy atom. The second kappa shape index (κ2) is 5.56. The Balaban J connectivity index is 4.03. The lowest BCUT2D eigenvalue weighted by atomic mass is 10.3. The van der Waals surface area contributed by atoms with Gasteiger partial charge in [-0.15, -0.1) is 0 Å². The van der Waals surface area contributed by atoms with Crippen LogP contribution in [0.25, 0.3) is 0 Å². The van der Waals surface area contributed by atoms with Gasteiger partial charge in [0.2, 0.25) is 0 Å². The quantitative estimate of drug-likeness (QED) is 0.424. The van der Waals surface area contributed by atoms with Crippen molar-refractivity contribution >= 4 is 0 Å². The maximum absolute atomic E-state index is 8.98. The molecule has 0 aromatic heterocycles. The molecule has 62 valence electrons. The number of hydrogen-bond acceptors (Lipinski definition) is 3. The van der Waals surface area contributed by atoms with Crippen LogP contribution in [0.4, 0.5) is 0 Å². The fraction of sp³-hybridized carbons (Fsp3) is 0.250. The van der Waals surface area contributed by atoms with Gasteiger partial charge in [-0.2, -0.15) is 0 Å². The lowest BCUT2D eigenvalue weighted by Crippen LogP contribution is -1.95. The minimum atomic E-state index is -0.224. The molecule has 0 saturated carbocycles. The maximum atomic E-state index is 8.98. The minimum absolute atomic E-state index is 0.187. The van der Waals surface area contributed by atoms with Crippen LogP contribution in [0.1, 0.15) is 6.42 Å². The molecule has 0 aliphatic carbocycles. The Hall–Kier alpha value is -1.22. The number of aliphatic hydroxyl groups is 2. The maximum Gasteiger partial charge on any atom is 0.157 e. The fourth-order valence-electron chi connectivity index (χ4n) is 0.481. The minimum Gasteiger partial charge on any atom is -0.504 e. The Morgan fingerprint density at radius 2 is 2.00 bits per heavy atom. The van der Waals surface area contributed by atoms with Gasteiger partial charge in [-0.05, 0) is 25.1 Å². The van der Waals surface area contributed by atoms with E-state index in [1.165, 1.54) is 12.2 Å². The molecule has 0 aliphatic heterocycles. The van der Waals surface area contributed by atoms with Crippen LogP contribution in [0.3, 0.4) is 0 Å². The van der Waals surface area contributed by atoms with Crippen LogP contribution in [0.15, 0.2) is 36.3 Å². The predicted octanol–water partition coefficient (Wildman–Crippen LogP) is 1.41. The van der Waals surface area contributed by atoms with Crippen molar-refractivity contribution in [3.05, 3.63) is 36.3 Å². The zero-order valence-electron chi connectivity index (χ0n) is 6.33. The molecule has 0 atom stereocenters. The van der Waals surface area contributed by atoms with Crippen molar-refractivity contribution in [1.29, 1.82) is 0 Å². The van der Waals surface area contributed by atoms with E-state index in [-0.39, 0.29) is 11.5 Å². The molecular formula is C8H13NO2. The van der Waals surface area contributed by atoms with Crippen LogP contribution in [-0.4, -0.2) is 16.8 Å². The van der Waals surface area contributed by atoms with E-state index < -0.39 is 0 Å². The molecule has 11 heavy (non-hydrogen) atoms. The summed E-state index contributed by atoms with van der Waals surface area (Å²) in [5.74, 6) is -0.410. The lowest BCUT2D eigenvalue weighted by molar-refractivity contribution is 0.352.